The van der Waals surface area contributed by atoms with E-state index >= 15 is 0 Å². The molecule has 0 spiro atoms. The fourth-order valence-electron chi connectivity index (χ4n) is 1.63. The molecule has 0 fully saturated rings. The van der Waals surface area contributed by atoms with Crippen LogP contribution in [0.2, 0.25) is 0 Å². The molecule has 0 atom stereocenters. The van der Waals surface area contributed by atoms with Gasteiger partial charge in [0.2, 0.25) is 0 Å². The third-order valence-corrected chi connectivity index (χ3v) is 2.77. The molecule has 0 radical (unpaired) electrons. The number of amides is 1. The van der Waals surface area contributed by atoms with Gasteiger partial charge in [0.25, 0.3) is 5.91 Å². The minimum atomic E-state index is -0.408. The summed E-state index contributed by atoms with van der Waals surface area (Å²) in [6, 6.07) is 9.08. The lowest BCUT2D eigenvalue weighted by atomic mass is 10.2. The maximum Gasteiger partial charge on any atom is 0.263 e. The quantitative estimate of drug-likeness (QED) is 0.414. The number of nitrogens with zero attached hydrogens (tertiary/aromatic N) is 1. The molecule has 0 unspecified atom stereocenters. The fourth-order valence-corrected chi connectivity index (χ4v) is 1.63. The third kappa shape index (κ3) is 6.29. The Morgan fingerprint density at radius 1 is 1.45 bits per heavy atom. The van der Waals surface area contributed by atoms with Gasteiger partial charge < -0.3 is 20.1 Å². The molecule has 0 aliphatic rings. The number of carbonyl (C=O) groups excluding carboxylic acids is 1. The number of hydrogen-bond acceptors (Lipinski definition) is 5. The smallest absolute Gasteiger partial charge is 0.263 e. The average Bonchev–Trinajstić information content (AvgIpc) is 2.55. The van der Waals surface area contributed by atoms with Gasteiger partial charge in [-0.15, -0.1) is 0 Å². The highest BCUT2D eigenvalue weighted by molar-refractivity contribution is 5.97. The largest absolute Gasteiger partial charge is 0.497 e. The first-order chi connectivity index (χ1) is 10.7. The standard InChI is InChI=1S/C16H21N3O3/c1-3-22-9-5-8-18-16(20)13(11-17)12-19-14-6-4-7-15(10-14)21-2/h4,6-7,10,12,19H,3,5,8-9H2,1-2H3,(H,18,20)/b13-12-. The zero-order valence-corrected chi connectivity index (χ0v) is 12.9. The van der Waals surface area contributed by atoms with E-state index in [0.29, 0.717) is 31.9 Å². The summed E-state index contributed by atoms with van der Waals surface area (Å²) >= 11 is 0. The van der Waals surface area contributed by atoms with Crippen molar-refractivity contribution in [2.45, 2.75) is 13.3 Å². The van der Waals surface area contributed by atoms with Crippen LogP contribution < -0.4 is 15.4 Å². The van der Waals surface area contributed by atoms with Gasteiger partial charge in [0.05, 0.1) is 7.11 Å². The highest BCUT2D eigenvalue weighted by Gasteiger charge is 2.07. The van der Waals surface area contributed by atoms with Gasteiger partial charge in [0.15, 0.2) is 0 Å². The maximum atomic E-state index is 11.8. The van der Waals surface area contributed by atoms with Crippen molar-refractivity contribution in [3.8, 4) is 11.8 Å². The van der Waals surface area contributed by atoms with Crippen LogP contribution in [0, 0.1) is 11.3 Å². The number of ether oxygens (including phenoxy) is 2. The van der Waals surface area contributed by atoms with Gasteiger partial charge in [-0.3, -0.25) is 4.79 Å². The molecule has 0 aliphatic carbocycles. The number of nitrogens with one attached hydrogen (secondary N) is 2. The van der Waals surface area contributed by atoms with Crippen molar-refractivity contribution in [1.82, 2.24) is 5.32 Å². The van der Waals surface area contributed by atoms with Gasteiger partial charge in [-0.05, 0) is 25.5 Å². The SMILES string of the molecule is CCOCCCNC(=O)/C(C#N)=C\Nc1cccc(OC)c1. The summed E-state index contributed by atoms with van der Waals surface area (Å²) in [5.74, 6) is 0.284. The van der Waals surface area contributed by atoms with Crippen LogP contribution in [0.15, 0.2) is 36.0 Å². The van der Waals surface area contributed by atoms with Gasteiger partial charge in [-0.1, -0.05) is 6.07 Å². The van der Waals surface area contributed by atoms with Gasteiger partial charge in [0.1, 0.15) is 17.4 Å². The van der Waals surface area contributed by atoms with Gasteiger partial charge in [-0.25, -0.2) is 0 Å². The Kier molecular flexibility index (Phi) is 8.16. The molecule has 2 N–H and O–H groups in total. The van der Waals surface area contributed by atoms with Crippen LogP contribution in [0.4, 0.5) is 5.69 Å². The molecule has 0 saturated carbocycles. The van der Waals surface area contributed by atoms with E-state index < -0.39 is 5.91 Å². The summed E-state index contributed by atoms with van der Waals surface area (Å²) in [7, 11) is 1.57. The van der Waals surface area contributed by atoms with E-state index in [-0.39, 0.29) is 5.57 Å². The number of nitriles is 1. The highest BCUT2D eigenvalue weighted by Crippen LogP contribution is 2.16. The van der Waals surface area contributed by atoms with Crippen molar-refractivity contribution in [2.75, 3.05) is 32.2 Å². The van der Waals surface area contributed by atoms with Crippen LogP contribution in [0.25, 0.3) is 0 Å². The lowest BCUT2D eigenvalue weighted by Gasteiger charge is -2.06. The molecule has 0 saturated heterocycles. The molecule has 1 amide bonds. The Bertz CT molecular complexity index is 550. The monoisotopic (exact) mass is 303 g/mol. The average molecular weight is 303 g/mol. The summed E-state index contributed by atoms with van der Waals surface area (Å²) in [5.41, 5.74) is 0.746. The first kappa shape index (κ1) is 17.5. The van der Waals surface area contributed by atoms with Crippen molar-refractivity contribution < 1.29 is 14.3 Å². The molecular formula is C16H21N3O3. The van der Waals surface area contributed by atoms with Gasteiger partial charge in [-0.2, -0.15) is 5.26 Å². The second kappa shape index (κ2) is 10.2. The molecule has 1 aromatic rings. The Hall–Kier alpha value is -2.52. The lowest BCUT2D eigenvalue weighted by Crippen LogP contribution is -2.26. The van der Waals surface area contributed by atoms with Crippen LogP contribution in [0.3, 0.4) is 0 Å². The van der Waals surface area contributed by atoms with Crippen LogP contribution in [0.5, 0.6) is 5.75 Å². The normalized spacial score (nSPS) is 10.7. The molecule has 118 valence electrons. The number of rotatable bonds is 9. The summed E-state index contributed by atoms with van der Waals surface area (Å²) in [6.07, 6.45) is 2.09. The second-order valence-corrected chi connectivity index (χ2v) is 4.35. The predicted octanol–water partition coefficient (Wildman–Crippen LogP) is 2.06. The van der Waals surface area contributed by atoms with Crippen molar-refractivity contribution >= 4 is 11.6 Å². The Balaban J connectivity index is 2.51. The van der Waals surface area contributed by atoms with E-state index in [2.05, 4.69) is 10.6 Å². The van der Waals surface area contributed by atoms with Crippen molar-refractivity contribution in [3.05, 3.63) is 36.0 Å². The summed E-state index contributed by atoms with van der Waals surface area (Å²) in [4.78, 5) is 11.8. The molecule has 1 rings (SSSR count). The van der Waals surface area contributed by atoms with Crippen LogP contribution in [0.1, 0.15) is 13.3 Å². The van der Waals surface area contributed by atoms with Gasteiger partial charge in [0, 0.05) is 37.7 Å². The Morgan fingerprint density at radius 2 is 2.27 bits per heavy atom. The minimum absolute atomic E-state index is 0.0132. The third-order valence-electron chi connectivity index (χ3n) is 2.77. The van der Waals surface area contributed by atoms with Crippen LogP contribution in [-0.2, 0) is 9.53 Å². The van der Waals surface area contributed by atoms with Crippen molar-refractivity contribution in [2.24, 2.45) is 0 Å². The molecule has 22 heavy (non-hydrogen) atoms. The Labute approximate surface area is 130 Å². The van der Waals surface area contributed by atoms with E-state index in [4.69, 9.17) is 14.7 Å². The number of methoxy groups -OCH3 is 1. The summed E-state index contributed by atoms with van der Waals surface area (Å²) in [6.45, 7) is 3.63. The summed E-state index contributed by atoms with van der Waals surface area (Å²) < 4.78 is 10.3. The molecule has 0 bridgehead atoms. The van der Waals surface area contributed by atoms with Crippen LogP contribution in [-0.4, -0.2) is 32.8 Å². The second-order valence-electron chi connectivity index (χ2n) is 4.35. The fraction of sp³-hybridized carbons (Fsp3) is 0.375. The predicted molar refractivity (Wildman–Crippen MR) is 84.4 cm³/mol. The lowest BCUT2D eigenvalue weighted by molar-refractivity contribution is -0.117. The first-order valence-corrected chi connectivity index (χ1v) is 7.08. The molecular weight excluding hydrogens is 282 g/mol. The van der Waals surface area contributed by atoms with E-state index in [0.717, 1.165) is 5.69 Å². The van der Waals surface area contributed by atoms with Crippen LogP contribution >= 0.6 is 0 Å². The van der Waals surface area contributed by atoms with E-state index in [1.54, 1.807) is 13.2 Å². The highest BCUT2D eigenvalue weighted by atomic mass is 16.5. The molecule has 0 aliphatic heterocycles. The molecule has 0 aromatic heterocycles. The Morgan fingerprint density at radius 3 is 2.95 bits per heavy atom. The first-order valence-electron chi connectivity index (χ1n) is 7.08. The van der Waals surface area contributed by atoms with E-state index in [1.807, 2.05) is 31.2 Å². The minimum Gasteiger partial charge on any atom is -0.497 e. The number of anilines is 1. The molecule has 1 aromatic carbocycles. The van der Waals surface area contributed by atoms with E-state index in [9.17, 15) is 4.79 Å². The zero-order chi connectivity index (χ0) is 16.2. The van der Waals surface area contributed by atoms with Crippen molar-refractivity contribution in [3.63, 3.8) is 0 Å². The number of carbonyl (C=O) groups is 1. The van der Waals surface area contributed by atoms with E-state index in [1.165, 1.54) is 6.20 Å². The maximum absolute atomic E-state index is 11.8. The molecule has 0 heterocycles. The van der Waals surface area contributed by atoms with Gasteiger partial charge >= 0.3 is 0 Å². The van der Waals surface area contributed by atoms with Crippen molar-refractivity contribution in [1.29, 1.82) is 5.26 Å². The zero-order valence-electron chi connectivity index (χ0n) is 12.9. The molecule has 6 heteroatoms. The number of hydrogen-bond donors (Lipinski definition) is 2. The topological polar surface area (TPSA) is 83.4 Å². The number of benzene rings is 1. The summed E-state index contributed by atoms with van der Waals surface area (Å²) in [5, 5.41) is 14.6. The molecule has 6 nitrogen and oxygen atoms in total.